The zero-order valence-electron chi connectivity index (χ0n) is 50.6. The molecular formula is C60H40N2SSi. The Morgan fingerprint density at radius 3 is 1.52 bits per heavy atom. The van der Waals surface area contributed by atoms with E-state index in [9.17, 15) is 12.3 Å². The van der Waals surface area contributed by atoms with E-state index in [1.165, 1.54) is 4.57 Å². The van der Waals surface area contributed by atoms with Gasteiger partial charge in [-0.25, -0.2) is 0 Å². The maximum Gasteiger partial charge on any atom is 0.179 e. The lowest BCUT2D eigenvalue weighted by atomic mass is 10.1. The molecule has 10 aromatic carbocycles. The minimum atomic E-state index is -3.29. The first kappa shape index (κ1) is 23.6. The van der Waals surface area contributed by atoms with Gasteiger partial charge in [-0.05, 0) is 74.2 Å². The highest BCUT2D eigenvalue weighted by Crippen LogP contribution is 2.47. The van der Waals surface area contributed by atoms with E-state index in [0.29, 0.717) is 5.69 Å². The average molecular weight is 866 g/mol. The number of thiophene rings is 1. The van der Waals surface area contributed by atoms with E-state index in [2.05, 4.69) is 60.7 Å². The summed E-state index contributed by atoms with van der Waals surface area (Å²) in [7, 11) is -3.29. The van der Waals surface area contributed by atoms with Gasteiger partial charge in [-0.15, -0.1) is 11.3 Å². The van der Waals surface area contributed by atoms with Crippen LogP contribution in [0.4, 0.5) is 0 Å². The van der Waals surface area contributed by atoms with Crippen LogP contribution in [0.25, 0.3) is 86.3 Å². The van der Waals surface area contributed by atoms with E-state index in [1.54, 1.807) is 4.57 Å². The van der Waals surface area contributed by atoms with E-state index in [-0.39, 0.29) is 69.5 Å². The van der Waals surface area contributed by atoms with Gasteiger partial charge in [-0.3, -0.25) is 0 Å². The van der Waals surface area contributed by atoms with Crippen molar-refractivity contribution >= 4 is 104 Å². The predicted octanol–water partition coefficient (Wildman–Crippen LogP) is 13.3. The number of rotatable bonds is 7. The lowest BCUT2D eigenvalue weighted by molar-refractivity contribution is 1.18. The molecule has 13 rings (SSSR count). The van der Waals surface area contributed by atoms with Crippen molar-refractivity contribution in [2.24, 2.45) is 0 Å². The summed E-state index contributed by atoms with van der Waals surface area (Å²) < 4.78 is 160. The van der Waals surface area contributed by atoms with Gasteiger partial charge in [0.1, 0.15) is 0 Å². The van der Waals surface area contributed by atoms with Gasteiger partial charge < -0.3 is 9.13 Å². The van der Waals surface area contributed by atoms with E-state index in [0.717, 1.165) is 43.2 Å². The number of benzene rings is 10. The summed E-state index contributed by atoms with van der Waals surface area (Å²) in [6, 6.07) is 36.7. The van der Waals surface area contributed by atoms with Gasteiger partial charge in [0.15, 0.2) is 8.07 Å². The highest BCUT2D eigenvalue weighted by molar-refractivity contribution is 7.26. The number of hydrogen-bond acceptors (Lipinski definition) is 1. The van der Waals surface area contributed by atoms with Crippen LogP contribution in [0.15, 0.2) is 242 Å². The van der Waals surface area contributed by atoms with Crippen LogP contribution < -0.4 is 20.7 Å². The molecule has 0 unspecified atom stereocenters. The molecule has 0 aliphatic carbocycles. The van der Waals surface area contributed by atoms with E-state index < -0.39 is 111 Å². The van der Waals surface area contributed by atoms with Crippen molar-refractivity contribution in [2.45, 2.75) is 0 Å². The number of para-hydroxylation sites is 3. The molecule has 3 heterocycles. The van der Waals surface area contributed by atoms with Crippen LogP contribution >= 0.6 is 11.3 Å². The molecule has 0 spiro atoms. The Labute approximate surface area is 400 Å². The molecule has 3 aromatic heterocycles. The smallest absolute Gasteiger partial charge is 0.179 e. The standard InChI is InChI=1S/C60H40N2SSi/c1-4-19-41(20-5-1)42-21-18-26-47(39-42)64(44-22-6-2-7-23-44,45-24-8-3-9-25-45)46-37-35-43(36-38-46)61-53-31-14-12-29-50(53)52-40-56(60-58(59(52)61)51-30-13-17-34-57(51)63-60)62-54-32-15-10-27-48(54)49-28-11-16-33-55(49)62/h1-40H/i10D,11D,12D,13D,14D,15D,16D,17D,27D,28D,29D,30D,31D,32D,33D,34D,40D. The minimum absolute atomic E-state index is 0.0136. The van der Waals surface area contributed by atoms with Crippen LogP contribution in [0.5, 0.6) is 0 Å². The van der Waals surface area contributed by atoms with Crippen LogP contribution in [-0.2, 0) is 0 Å². The normalized spacial score (nSPS) is 15.8. The molecular weight excluding hydrogens is 809 g/mol. The second-order valence-corrected chi connectivity index (χ2v) is 20.4. The Morgan fingerprint density at radius 1 is 0.406 bits per heavy atom. The SMILES string of the molecule is [2H]c1c([2H])c([2H])c2c(sc3c(-n4c5c([2H])c([2H])c([2H])c([2H])c5c5c([2H])c([2H])c([2H])c([2H])c54)c([2H])c4c5c([2H])c([2H])c([2H])c([2H])c5n(-c5ccc([Si](c6ccccc6)(c6ccccc6)c6cccc(-c7ccccc7)c6)cc5)c4c32)c1[2H]. The van der Waals surface area contributed by atoms with Gasteiger partial charge in [-0.1, -0.05) is 200 Å². The van der Waals surface area contributed by atoms with E-state index >= 15 is 0 Å². The van der Waals surface area contributed by atoms with E-state index in [1.807, 2.05) is 78.9 Å². The summed E-state index contributed by atoms with van der Waals surface area (Å²) >= 11 is 0.846. The van der Waals surface area contributed by atoms with Crippen LogP contribution in [0.1, 0.15) is 23.3 Å². The van der Waals surface area contributed by atoms with Gasteiger partial charge >= 0.3 is 0 Å². The second kappa shape index (κ2) is 14.7. The average Bonchev–Trinajstić information content (AvgIpc) is 2.72. The van der Waals surface area contributed by atoms with Crippen molar-refractivity contribution in [3.05, 3.63) is 242 Å². The third kappa shape index (κ3) is 5.43. The minimum Gasteiger partial charge on any atom is -0.309 e. The number of fused-ring (bicyclic) bond motifs is 10. The number of aromatic nitrogens is 2. The summed E-state index contributed by atoms with van der Waals surface area (Å²) in [4.78, 5) is 0. The van der Waals surface area contributed by atoms with Gasteiger partial charge in [0.05, 0.1) is 55.8 Å². The maximum absolute atomic E-state index is 10.6. The van der Waals surface area contributed by atoms with Crippen LogP contribution in [0, 0.1) is 0 Å². The van der Waals surface area contributed by atoms with Crippen molar-refractivity contribution in [2.75, 3.05) is 0 Å². The Hall–Kier alpha value is -7.76. The first-order valence-electron chi connectivity index (χ1n) is 29.1. The summed E-state index contributed by atoms with van der Waals surface area (Å²) in [6.07, 6.45) is 0. The zero-order chi connectivity index (χ0) is 57.0. The van der Waals surface area contributed by atoms with E-state index in [4.69, 9.17) is 11.0 Å². The van der Waals surface area contributed by atoms with Gasteiger partial charge in [0.25, 0.3) is 0 Å². The molecule has 0 aliphatic rings. The summed E-state index contributed by atoms with van der Waals surface area (Å²) in [5, 5.41) is 3.38. The molecule has 0 fully saturated rings. The lowest BCUT2D eigenvalue weighted by Gasteiger charge is -2.35. The number of nitrogens with zero attached hydrogens (tertiary/aromatic N) is 2. The molecule has 0 amide bonds. The number of hydrogen-bond donors (Lipinski definition) is 0. The van der Waals surface area contributed by atoms with Crippen molar-refractivity contribution in [1.29, 1.82) is 0 Å². The summed E-state index contributed by atoms with van der Waals surface area (Å²) in [5.74, 6) is 0. The molecule has 0 radical (unpaired) electrons. The van der Waals surface area contributed by atoms with Gasteiger partial charge in [-0.2, -0.15) is 0 Å². The zero-order valence-corrected chi connectivity index (χ0v) is 35.4. The largest absolute Gasteiger partial charge is 0.309 e. The van der Waals surface area contributed by atoms with Crippen LogP contribution in [0.2, 0.25) is 0 Å². The molecule has 300 valence electrons. The Bertz CT molecular complexity index is 4770. The fraction of sp³-hybridized carbons (Fsp3) is 0. The Kier molecular flexibility index (Phi) is 5.41. The van der Waals surface area contributed by atoms with Gasteiger partial charge in [0, 0.05) is 42.7 Å². The van der Waals surface area contributed by atoms with Crippen LogP contribution in [-0.4, -0.2) is 17.2 Å². The first-order chi connectivity index (χ1) is 38.8. The first-order valence-corrected chi connectivity index (χ1v) is 23.4. The third-order valence-corrected chi connectivity index (χ3v) is 18.1. The van der Waals surface area contributed by atoms with Crippen molar-refractivity contribution in [3.8, 4) is 22.5 Å². The molecule has 0 saturated carbocycles. The Balaban J connectivity index is 1.22. The van der Waals surface area contributed by atoms with Crippen molar-refractivity contribution in [3.63, 3.8) is 0 Å². The quantitative estimate of drug-likeness (QED) is 0.112. The fourth-order valence-electron chi connectivity index (χ4n) is 9.60. The monoisotopic (exact) mass is 865 g/mol. The molecule has 64 heavy (non-hydrogen) atoms. The molecule has 4 heteroatoms. The third-order valence-electron chi connectivity index (χ3n) is 12.3. The fourth-order valence-corrected chi connectivity index (χ4v) is 15.5. The second-order valence-electron chi connectivity index (χ2n) is 15.5. The van der Waals surface area contributed by atoms with Crippen molar-refractivity contribution in [1.82, 2.24) is 9.13 Å². The molecule has 0 aliphatic heterocycles. The molecule has 13 aromatic rings. The molecule has 0 bridgehead atoms. The summed E-state index contributed by atoms with van der Waals surface area (Å²) in [5.41, 5.74) is 1.52. The molecule has 2 nitrogen and oxygen atoms in total. The Morgan fingerprint density at radius 2 is 0.891 bits per heavy atom. The topological polar surface area (TPSA) is 9.86 Å². The van der Waals surface area contributed by atoms with Gasteiger partial charge in [0.2, 0.25) is 0 Å². The molecule has 0 saturated heterocycles. The highest BCUT2D eigenvalue weighted by Gasteiger charge is 2.41. The predicted molar refractivity (Wildman–Crippen MR) is 277 cm³/mol. The summed E-state index contributed by atoms with van der Waals surface area (Å²) in [6.45, 7) is 0. The maximum atomic E-state index is 10.6. The lowest BCUT2D eigenvalue weighted by Crippen LogP contribution is -2.74. The molecule has 0 N–H and O–H groups in total. The van der Waals surface area contributed by atoms with Crippen molar-refractivity contribution < 1.29 is 23.3 Å². The molecule has 0 atom stereocenters. The van der Waals surface area contributed by atoms with Crippen LogP contribution in [0.3, 0.4) is 0 Å². The highest BCUT2D eigenvalue weighted by atomic mass is 32.1.